The van der Waals surface area contributed by atoms with E-state index in [9.17, 15) is 9.90 Å². The van der Waals surface area contributed by atoms with E-state index in [1.54, 1.807) is 26.5 Å². The van der Waals surface area contributed by atoms with Crippen LogP contribution in [0, 0.1) is 0 Å². The average Bonchev–Trinajstić information content (AvgIpc) is 3.54. The first kappa shape index (κ1) is 26.1. The molecule has 1 aliphatic carbocycles. The number of rotatable bonds is 9. The van der Waals surface area contributed by atoms with Crippen LogP contribution < -0.4 is 19.7 Å². The number of carbonyl (C=O) groups is 1. The van der Waals surface area contributed by atoms with Crippen LogP contribution in [0.3, 0.4) is 0 Å². The maximum Gasteiger partial charge on any atom is 0.319 e. The average molecular weight is 526 g/mol. The summed E-state index contributed by atoms with van der Waals surface area (Å²) in [7, 11) is 3.25. The SMILES string of the molecule is COC[C@@H](C)Oc1nc(C(=O)N[C@@H]2CCC[C@H]2O)cc(N2CCC(c3n[nH]c4nccc(OC)c34)CC2)n1. The summed E-state index contributed by atoms with van der Waals surface area (Å²) in [4.78, 5) is 28.6. The lowest BCUT2D eigenvalue weighted by atomic mass is 9.92. The van der Waals surface area contributed by atoms with E-state index in [0.717, 1.165) is 42.5 Å². The van der Waals surface area contributed by atoms with Gasteiger partial charge in [-0.15, -0.1) is 0 Å². The molecule has 4 heterocycles. The third-order valence-corrected chi connectivity index (χ3v) is 7.31. The second-order valence-electron chi connectivity index (χ2n) is 9.96. The van der Waals surface area contributed by atoms with E-state index in [4.69, 9.17) is 14.2 Å². The van der Waals surface area contributed by atoms with E-state index in [2.05, 4.69) is 35.4 Å². The number of nitrogens with one attached hydrogen (secondary N) is 2. The molecular weight excluding hydrogens is 490 g/mol. The first-order chi connectivity index (χ1) is 18.5. The Kier molecular flexibility index (Phi) is 7.89. The summed E-state index contributed by atoms with van der Waals surface area (Å²) >= 11 is 0. The number of carbonyl (C=O) groups excluding carboxylic acids is 1. The van der Waals surface area contributed by atoms with Gasteiger partial charge in [0.05, 0.1) is 36.9 Å². The van der Waals surface area contributed by atoms with Crippen LogP contribution in [0.2, 0.25) is 0 Å². The van der Waals surface area contributed by atoms with Crippen LogP contribution in [0.1, 0.15) is 61.1 Å². The Morgan fingerprint density at radius 1 is 1.24 bits per heavy atom. The second kappa shape index (κ2) is 11.5. The van der Waals surface area contributed by atoms with E-state index in [0.29, 0.717) is 37.6 Å². The van der Waals surface area contributed by atoms with Crippen molar-refractivity contribution < 1.29 is 24.1 Å². The van der Waals surface area contributed by atoms with Crippen molar-refractivity contribution in [1.29, 1.82) is 0 Å². The third kappa shape index (κ3) is 5.51. The van der Waals surface area contributed by atoms with Gasteiger partial charge in [-0.25, -0.2) is 4.98 Å². The van der Waals surface area contributed by atoms with Gasteiger partial charge in [-0.3, -0.25) is 9.89 Å². The van der Waals surface area contributed by atoms with E-state index < -0.39 is 6.10 Å². The lowest BCUT2D eigenvalue weighted by Crippen LogP contribution is -2.40. The summed E-state index contributed by atoms with van der Waals surface area (Å²) in [5.74, 6) is 1.26. The number of hydrogen-bond acceptors (Lipinski definition) is 10. The molecule has 5 rings (SSSR count). The number of aliphatic hydroxyl groups excluding tert-OH is 1. The van der Waals surface area contributed by atoms with Gasteiger partial charge in [-0.1, -0.05) is 0 Å². The summed E-state index contributed by atoms with van der Waals surface area (Å²) in [6.45, 7) is 3.66. The van der Waals surface area contributed by atoms with E-state index in [1.165, 1.54) is 0 Å². The number of methoxy groups -OCH3 is 2. The summed E-state index contributed by atoms with van der Waals surface area (Å²) in [6, 6.07) is 3.39. The van der Waals surface area contributed by atoms with Crippen molar-refractivity contribution in [1.82, 2.24) is 30.5 Å². The zero-order chi connectivity index (χ0) is 26.6. The number of aliphatic hydroxyl groups is 1. The molecule has 1 saturated heterocycles. The zero-order valence-corrected chi connectivity index (χ0v) is 22.0. The lowest BCUT2D eigenvalue weighted by Gasteiger charge is -2.32. The topological polar surface area (TPSA) is 148 Å². The summed E-state index contributed by atoms with van der Waals surface area (Å²) in [5.41, 5.74) is 1.89. The van der Waals surface area contributed by atoms with Crippen molar-refractivity contribution in [2.45, 2.75) is 63.2 Å². The highest BCUT2D eigenvalue weighted by atomic mass is 16.5. The number of hydrogen-bond donors (Lipinski definition) is 3. The minimum atomic E-state index is -0.538. The van der Waals surface area contributed by atoms with Crippen molar-refractivity contribution in [3.8, 4) is 11.8 Å². The van der Waals surface area contributed by atoms with Crippen LogP contribution in [-0.4, -0.2) is 88.3 Å². The predicted octanol–water partition coefficient (Wildman–Crippen LogP) is 2.20. The largest absolute Gasteiger partial charge is 0.496 e. The minimum absolute atomic E-state index is 0.125. The molecule has 38 heavy (non-hydrogen) atoms. The molecule has 1 amide bonds. The minimum Gasteiger partial charge on any atom is -0.496 e. The third-order valence-electron chi connectivity index (χ3n) is 7.31. The van der Waals surface area contributed by atoms with Crippen molar-refractivity contribution >= 4 is 22.8 Å². The Labute approximate surface area is 221 Å². The highest BCUT2D eigenvalue weighted by Crippen LogP contribution is 2.36. The fourth-order valence-electron chi connectivity index (χ4n) is 5.34. The zero-order valence-electron chi connectivity index (χ0n) is 22.0. The van der Waals surface area contributed by atoms with Crippen LogP contribution in [0.25, 0.3) is 11.0 Å². The monoisotopic (exact) mass is 525 g/mol. The van der Waals surface area contributed by atoms with Crippen LogP contribution in [0.4, 0.5) is 5.82 Å². The number of aromatic amines is 1. The number of H-pyrrole nitrogens is 1. The molecule has 2 fully saturated rings. The molecule has 0 radical (unpaired) electrons. The fraction of sp³-hybridized carbons (Fsp3) is 0.577. The number of anilines is 1. The van der Waals surface area contributed by atoms with Crippen LogP contribution in [0.15, 0.2) is 18.3 Å². The van der Waals surface area contributed by atoms with Gasteiger partial charge in [0.15, 0.2) is 5.65 Å². The molecule has 1 aliphatic heterocycles. The summed E-state index contributed by atoms with van der Waals surface area (Å²) in [6.07, 6.45) is 4.87. The second-order valence-corrected chi connectivity index (χ2v) is 9.96. The molecule has 3 N–H and O–H groups in total. The van der Waals surface area contributed by atoms with E-state index in [-0.39, 0.29) is 35.7 Å². The highest BCUT2D eigenvalue weighted by Gasteiger charge is 2.30. The van der Waals surface area contributed by atoms with Gasteiger partial charge < -0.3 is 29.5 Å². The van der Waals surface area contributed by atoms with Crippen molar-refractivity contribution in [3.63, 3.8) is 0 Å². The van der Waals surface area contributed by atoms with E-state index in [1.807, 2.05) is 13.0 Å². The van der Waals surface area contributed by atoms with Crippen molar-refractivity contribution in [3.05, 3.63) is 29.7 Å². The van der Waals surface area contributed by atoms with Crippen LogP contribution >= 0.6 is 0 Å². The molecular formula is C26H35N7O5. The molecule has 12 heteroatoms. The Morgan fingerprint density at radius 2 is 2.05 bits per heavy atom. The standard InChI is InChI=1S/C26H35N7O5/c1-15(14-36-2)38-26-29-18(25(35)28-17-5-4-6-19(17)34)13-21(30-26)33-11-8-16(9-12-33)23-22-20(37-3)7-10-27-24(22)32-31-23/h7,10,13,15-17,19,34H,4-6,8-9,11-12,14H2,1-3H3,(H,28,35)(H,27,31,32)/t15-,17-,19-/m1/s1. The number of amides is 1. The van der Waals surface area contributed by atoms with Gasteiger partial charge in [0.2, 0.25) is 0 Å². The van der Waals surface area contributed by atoms with Gasteiger partial charge in [-0.2, -0.15) is 15.1 Å². The maximum atomic E-state index is 13.1. The molecule has 204 valence electrons. The van der Waals surface area contributed by atoms with E-state index >= 15 is 0 Å². The number of piperidine rings is 1. The molecule has 0 aromatic carbocycles. The summed E-state index contributed by atoms with van der Waals surface area (Å²) < 4.78 is 16.6. The predicted molar refractivity (Wildman–Crippen MR) is 140 cm³/mol. The summed E-state index contributed by atoms with van der Waals surface area (Å²) in [5, 5.41) is 21.6. The van der Waals surface area contributed by atoms with Gasteiger partial charge >= 0.3 is 6.01 Å². The molecule has 3 atom stereocenters. The first-order valence-electron chi connectivity index (χ1n) is 13.1. The highest BCUT2D eigenvalue weighted by molar-refractivity contribution is 5.93. The van der Waals surface area contributed by atoms with Gasteiger partial charge in [0.1, 0.15) is 23.4 Å². The lowest BCUT2D eigenvalue weighted by molar-refractivity contribution is 0.0826. The van der Waals surface area contributed by atoms with Crippen molar-refractivity contribution in [2.75, 3.05) is 38.8 Å². The molecule has 0 bridgehead atoms. The Bertz CT molecular complexity index is 1260. The molecule has 1 saturated carbocycles. The Balaban J connectivity index is 1.35. The number of pyridine rings is 1. The first-order valence-corrected chi connectivity index (χ1v) is 13.1. The molecule has 3 aromatic rings. The van der Waals surface area contributed by atoms with Gasteiger partial charge in [0.25, 0.3) is 5.91 Å². The number of fused-ring (bicyclic) bond motifs is 1. The smallest absolute Gasteiger partial charge is 0.319 e. The van der Waals surface area contributed by atoms with Gasteiger partial charge in [-0.05, 0) is 45.1 Å². The maximum absolute atomic E-state index is 13.1. The normalized spacial score (nSPS) is 21.0. The Morgan fingerprint density at radius 3 is 2.76 bits per heavy atom. The molecule has 2 aliphatic rings. The Hall–Kier alpha value is -3.51. The number of aromatic nitrogens is 5. The fourth-order valence-corrected chi connectivity index (χ4v) is 5.34. The van der Waals surface area contributed by atoms with Crippen molar-refractivity contribution in [2.24, 2.45) is 0 Å². The van der Waals surface area contributed by atoms with Gasteiger partial charge in [0, 0.05) is 38.4 Å². The molecule has 12 nitrogen and oxygen atoms in total. The molecule has 3 aromatic heterocycles. The number of nitrogens with zero attached hydrogens (tertiary/aromatic N) is 5. The molecule has 0 unspecified atom stereocenters. The number of ether oxygens (including phenoxy) is 3. The quantitative estimate of drug-likeness (QED) is 0.380. The molecule has 0 spiro atoms. The van der Waals surface area contributed by atoms with Crippen LogP contribution in [0.5, 0.6) is 11.8 Å². The van der Waals surface area contributed by atoms with Crippen LogP contribution in [-0.2, 0) is 4.74 Å².